The first kappa shape index (κ1) is 21.5. The molecule has 0 unspecified atom stereocenters. The SMILES string of the molecule is CCOC(=O)C(C)(C)Cc1c(-c2cccnc2[C@H](C)OC)[nH]c2ccc(Br)cc12. The number of hydrogen-bond acceptors (Lipinski definition) is 4. The minimum Gasteiger partial charge on any atom is -0.466 e. The van der Waals surface area contributed by atoms with Crippen LogP contribution in [0.25, 0.3) is 22.2 Å². The number of aromatic nitrogens is 2. The Morgan fingerprint density at radius 1 is 1.31 bits per heavy atom. The molecule has 2 heterocycles. The third kappa shape index (κ3) is 4.38. The third-order valence-electron chi connectivity index (χ3n) is 5.16. The number of halogens is 1. The Bertz CT molecular complexity index is 1030. The Kier molecular flexibility index (Phi) is 6.44. The lowest BCUT2D eigenvalue weighted by molar-refractivity contribution is -0.153. The lowest BCUT2D eigenvalue weighted by Crippen LogP contribution is -2.29. The van der Waals surface area contributed by atoms with Crippen LogP contribution in [0.2, 0.25) is 0 Å². The van der Waals surface area contributed by atoms with Crippen LogP contribution in [-0.4, -0.2) is 29.7 Å². The van der Waals surface area contributed by atoms with Crippen molar-refractivity contribution in [2.45, 2.75) is 40.2 Å². The molecule has 5 nitrogen and oxygen atoms in total. The van der Waals surface area contributed by atoms with Gasteiger partial charge in [-0.2, -0.15) is 0 Å². The monoisotopic (exact) mass is 458 g/mol. The van der Waals surface area contributed by atoms with Crippen LogP contribution in [0.15, 0.2) is 41.0 Å². The van der Waals surface area contributed by atoms with Crippen molar-refractivity contribution < 1.29 is 14.3 Å². The number of methoxy groups -OCH3 is 1. The molecular formula is C23H27BrN2O3. The van der Waals surface area contributed by atoms with Gasteiger partial charge in [0.1, 0.15) is 0 Å². The van der Waals surface area contributed by atoms with Crippen LogP contribution in [0.1, 0.15) is 45.1 Å². The van der Waals surface area contributed by atoms with Gasteiger partial charge in [0.05, 0.1) is 29.5 Å². The van der Waals surface area contributed by atoms with Crippen molar-refractivity contribution in [3.05, 3.63) is 52.3 Å². The topological polar surface area (TPSA) is 64.2 Å². The fourth-order valence-corrected chi connectivity index (χ4v) is 3.90. The third-order valence-corrected chi connectivity index (χ3v) is 5.65. The van der Waals surface area contributed by atoms with Gasteiger partial charge >= 0.3 is 5.97 Å². The van der Waals surface area contributed by atoms with Crippen molar-refractivity contribution in [2.24, 2.45) is 5.41 Å². The zero-order valence-electron chi connectivity index (χ0n) is 17.5. The molecule has 0 aliphatic heterocycles. The number of fused-ring (bicyclic) bond motifs is 1. The summed E-state index contributed by atoms with van der Waals surface area (Å²) in [4.78, 5) is 20.7. The van der Waals surface area contributed by atoms with Crippen molar-refractivity contribution in [1.29, 1.82) is 0 Å². The predicted molar refractivity (Wildman–Crippen MR) is 119 cm³/mol. The van der Waals surface area contributed by atoms with E-state index >= 15 is 0 Å². The van der Waals surface area contributed by atoms with Gasteiger partial charge in [-0.05, 0) is 70.0 Å². The van der Waals surface area contributed by atoms with Crippen molar-refractivity contribution in [3.8, 4) is 11.3 Å². The van der Waals surface area contributed by atoms with Gasteiger partial charge in [-0.25, -0.2) is 0 Å². The number of rotatable bonds is 7. The number of pyridine rings is 1. The van der Waals surface area contributed by atoms with E-state index < -0.39 is 5.41 Å². The van der Waals surface area contributed by atoms with Gasteiger partial charge < -0.3 is 14.5 Å². The molecule has 154 valence electrons. The molecule has 29 heavy (non-hydrogen) atoms. The average molecular weight is 459 g/mol. The zero-order chi connectivity index (χ0) is 21.2. The molecule has 3 rings (SSSR count). The molecule has 0 saturated heterocycles. The number of H-pyrrole nitrogens is 1. The van der Waals surface area contributed by atoms with Crippen LogP contribution in [0.3, 0.4) is 0 Å². The van der Waals surface area contributed by atoms with E-state index in [1.54, 1.807) is 13.3 Å². The standard InChI is InChI=1S/C23H27BrN2O3/c1-6-29-22(27)23(3,4)13-18-17-12-15(24)9-10-19(17)26-21(18)16-8-7-11-25-20(16)14(2)28-5/h7-12,14,26H,6,13H2,1-5H3/t14-/m0/s1. The van der Waals surface area contributed by atoms with Gasteiger partial charge in [-0.1, -0.05) is 15.9 Å². The zero-order valence-corrected chi connectivity index (χ0v) is 19.1. The summed E-state index contributed by atoms with van der Waals surface area (Å²) in [5.41, 5.74) is 4.20. The average Bonchev–Trinajstić information content (AvgIpc) is 3.04. The highest BCUT2D eigenvalue weighted by molar-refractivity contribution is 9.10. The number of benzene rings is 1. The molecule has 0 bridgehead atoms. The van der Waals surface area contributed by atoms with E-state index in [2.05, 4.69) is 32.0 Å². The van der Waals surface area contributed by atoms with E-state index in [0.29, 0.717) is 13.0 Å². The number of nitrogens with zero attached hydrogens (tertiary/aromatic N) is 1. The first-order valence-corrected chi connectivity index (χ1v) is 10.5. The summed E-state index contributed by atoms with van der Waals surface area (Å²) < 4.78 is 11.9. The van der Waals surface area contributed by atoms with Crippen molar-refractivity contribution in [2.75, 3.05) is 13.7 Å². The van der Waals surface area contributed by atoms with Gasteiger partial charge in [0.15, 0.2) is 0 Å². The number of carbonyl (C=O) groups is 1. The Morgan fingerprint density at radius 2 is 2.07 bits per heavy atom. The lowest BCUT2D eigenvalue weighted by Gasteiger charge is -2.23. The molecule has 1 atom stereocenters. The molecule has 0 aliphatic carbocycles. The quantitative estimate of drug-likeness (QED) is 0.452. The summed E-state index contributed by atoms with van der Waals surface area (Å²) in [6, 6.07) is 10.1. The van der Waals surface area contributed by atoms with E-state index in [1.807, 2.05) is 52.0 Å². The van der Waals surface area contributed by atoms with E-state index in [-0.39, 0.29) is 12.1 Å². The molecule has 0 aliphatic rings. The molecule has 0 saturated carbocycles. The number of esters is 1. The fraction of sp³-hybridized carbons (Fsp3) is 0.391. The number of carbonyl (C=O) groups excluding carboxylic acids is 1. The summed E-state index contributed by atoms with van der Waals surface area (Å²) >= 11 is 3.58. The van der Waals surface area contributed by atoms with Crippen molar-refractivity contribution in [3.63, 3.8) is 0 Å². The number of ether oxygens (including phenoxy) is 2. The smallest absolute Gasteiger partial charge is 0.311 e. The summed E-state index contributed by atoms with van der Waals surface area (Å²) in [7, 11) is 1.68. The molecule has 1 aromatic carbocycles. The van der Waals surface area contributed by atoms with Crippen LogP contribution < -0.4 is 0 Å². The minimum atomic E-state index is -0.669. The molecule has 0 radical (unpaired) electrons. The molecule has 0 amide bonds. The van der Waals surface area contributed by atoms with Crippen LogP contribution in [-0.2, 0) is 20.7 Å². The number of aromatic amines is 1. The molecule has 0 fully saturated rings. The van der Waals surface area contributed by atoms with Crippen LogP contribution >= 0.6 is 15.9 Å². The lowest BCUT2D eigenvalue weighted by atomic mass is 9.83. The largest absolute Gasteiger partial charge is 0.466 e. The van der Waals surface area contributed by atoms with Gasteiger partial charge in [-0.3, -0.25) is 9.78 Å². The molecule has 3 aromatic rings. The molecule has 1 N–H and O–H groups in total. The normalized spacial score (nSPS) is 12.9. The van der Waals surface area contributed by atoms with Crippen molar-refractivity contribution >= 4 is 32.8 Å². The second kappa shape index (κ2) is 8.67. The van der Waals surface area contributed by atoms with Crippen molar-refractivity contribution in [1.82, 2.24) is 9.97 Å². The Hall–Kier alpha value is -2.18. The summed E-state index contributed by atoms with van der Waals surface area (Å²) in [5.74, 6) is -0.202. The Balaban J connectivity index is 2.22. The van der Waals surface area contributed by atoms with Gasteiger partial charge in [0.25, 0.3) is 0 Å². The maximum atomic E-state index is 12.6. The minimum absolute atomic E-state index is 0.157. The van der Waals surface area contributed by atoms with Crippen LogP contribution in [0.5, 0.6) is 0 Å². The van der Waals surface area contributed by atoms with Gasteiger partial charge in [0.2, 0.25) is 0 Å². The van der Waals surface area contributed by atoms with Gasteiger partial charge in [-0.15, -0.1) is 0 Å². The molecule has 6 heteroatoms. The maximum absolute atomic E-state index is 12.6. The Labute approximate surface area is 180 Å². The molecule has 2 aromatic heterocycles. The van der Waals surface area contributed by atoms with Gasteiger partial charge in [0, 0.05) is 34.2 Å². The summed E-state index contributed by atoms with van der Waals surface area (Å²) in [5, 5.41) is 1.08. The summed E-state index contributed by atoms with van der Waals surface area (Å²) in [6.45, 7) is 8.03. The first-order valence-electron chi connectivity index (χ1n) is 9.74. The number of nitrogens with one attached hydrogen (secondary N) is 1. The second-order valence-corrected chi connectivity index (χ2v) is 8.68. The van der Waals surface area contributed by atoms with E-state index in [9.17, 15) is 4.79 Å². The van der Waals surface area contributed by atoms with E-state index in [0.717, 1.165) is 37.9 Å². The number of hydrogen-bond donors (Lipinski definition) is 1. The fourth-order valence-electron chi connectivity index (χ4n) is 3.54. The maximum Gasteiger partial charge on any atom is 0.311 e. The summed E-state index contributed by atoms with van der Waals surface area (Å²) in [6.07, 6.45) is 2.15. The predicted octanol–water partition coefficient (Wildman–Crippen LogP) is 5.83. The second-order valence-electron chi connectivity index (χ2n) is 7.76. The molecular weight excluding hydrogens is 432 g/mol. The highest BCUT2D eigenvalue weighted by atomic mass is 79.9. The highest BCUT2D eigenvalue weighted by Gasteiger charge is 2.32. The first-order chi connectivity index (χ1) is 13.8. The van der Waals surface area contributed by atoms with E-state index in [4.69, 9.17) is 9.47 Å². The highest BCUT2D eigenvalue weighted by Crippen LogP contribution is 2.39. The van der Waals surface area contributed by atoms with Crippen LogP contribution in [0.4, 0.5) is 0 Å². The van der Waals surface area contributed by atoms with Crippen LogP contribution in [0, 0.1) is 5.41 Å². The van der Waals surface area contributed by atoms with E-state index in [1.165, 1.54) is 0 Å². The Morgan fingerprint density at radius 3 is 2.76 bits per heavy atom. The molecule has 0 spiro atoms.